The minimum absolute atomic E-state index is 0.135. The number of fused-ring (bicyclic) bond motifs is 1. The Hall–Kier alpha value is -3.02. The van der Waals surface area contributed by atoms with Crippen molar-refractivity contribution in [3.63, 3.8) is 0 Å². The Bertz CT molecular complexity index is 877. The molecule has 3 rings (SSSR count). The molecule has 0 unspecified atom stereocenters. The van der Waals surface area contributed by atoms with Gasteiger partial charge in [0, 0.05) is 6.42 Å². The molecule has 0 fully saturated rings. The van der Waals surface area contributed by atoms with Crippen LogP contribution in [0.2, 0.25) is 0 Å². The van der Waals surface area contributed by atoms with Crippen molar-refractivity contribution >= 4 is 11.9 Å². The highest BCUT2D eigenvalue weighted by molar-refractivity contribution is 5.91. The van der Waals surface area contributed by atoms with E-state index in [1.807, 2.05) is 45.0 Å². The zero-order chi connectivity index (χ0) is 20.8. The maximum absolute atomic E-state index is 12.4. The van der Waals surface area contributed by atoms with Crippen LogP contribution in [-0.2, 0) is 9.53 Å². The Morgan fingerprint density at radius 3 is 2.55 bits per heavy atom. The summed E-state index contributed by atoms with van der Waals surface area (Å²) in [6.07, 6.45) is 0.834. The average Bonchev–Trinajstić information content (AvgIpc) is 2.94. The molecule has 0 bridgehead atoms. The SMILES string of the molecule is Cc1cccc(C(=O)OCC(=O)N[C@@H](c2ccc3c(c2)OCCCO3)C(C)C)c1. The van der Waals surface area contributed by atoms with Gasteiger partial charge in [0.2, 0.25) is 0 Å². The largest absolute Gasteiger partial charge is 0.490 e. The van der Waals surface area contributed by atoms with E-state index in [2.05, 4.69) is 5.32 Å². The number of carbonyl (C=O) groups is 2. The molecule has 1 atom stereocenters. The van der Waals surface area contributed by atoms with Crippen LogP contribution >= 0.6 is 0 Å². The number of benzene rings is 2. The van der Waals surface area contributed by atoms with E-state index in [1.165, 1.54) is 0 Å². The lowest BCUT2D eigenvalue weighted by Gasteiger charge is -2.24. The Morgan fingerprint density at radius 2 is 1.83 bits per heavy atom. The first kappa shape index (κ1) is 20.7. The number of amides is 1. The van der Waals surface area contributed by atoms with Crippen molar-refractivity contribution in [2.24, 2.45) is 5.92 Å². The highest BCUT2D eigenvalue weighted by atomic mass is 16.5. The van der Waals surface area contributed by atoms with Crippen LogP contribution in [0.4, 0.5) is 0 Å². The number of aryl methyl sites for hydroxylation is 1. The van der Waals surface area contributed by atoms with E-state index < -0.39 is 5.97 Å². The third kappa shape index (κ3) is 5.50. The number of nitrogens with one attached hydrogen (secondary N) is 1. The summed E-state index contributed by atoms with van der Waals surface area (Å²) in [5.41, 5.74) is 2.31. The third-order valence-electron chi connectivity index (χ3n) is 4.70. The van der Waals surface area contributed by atoms with Gasteiger partial charge in [0.05, 0.1) is 24.8 Å². The minimum atomic E-state index is -0.513. The topological polar surface area (TPSA) is 73.9 Å². The number of ether oxygens (including phenoxy) is 3. The van der Waals surface area contributed by atoms with Crippen molar-refractivity contribution in [2.45, 2.75) is 33.2 Å². The molecule has 6 nitrogen and oxygen atoms in total. The standard InChI is InChI=1S/C23H27NO5/c1-15(2)22(17-8-9-19-20(13-17)28-11-5-10-27-19)24-21(25)14-29-23(26)18-7-4-6-16(3)12-18/h4,6-9,12-13,15,22H,5,10-11,14H2,1-3H3,(H,24,25)/t22-/m1/s1. The molecule has 2 aromatic carbocycles. The third-order valence-corrected chi connectivity index (χ3v) is 4.70. The second-order valence-electron chi connectivity index (χ2n) is 7.49. The maximum Gasteiger partial charge on any atom is 0.338 e. The van der Waals surface area contributed by atoms with E-state index in [1.54, 1.807) is 18.2 Å². The normalized spacial score (nSPS) is 14.1. The zero-order valence-electron chi connectivity index (χ0n) is 17.1. The summed E-state index contributed by atoms with van der Waals surface area (Å²) in [5.74, 6) is 0.673. The first-order chi connectivity index (χ1) is 13.9. The first-order valence-corrected chi connectivity index (χ1v) is 9.86. The lowest BCUT2D eigenvalue weighted by Crippen LogP contribution is -2.35. The molecule has 0 aromatic heterocycles. The van der Waals surface area contributed by atoms with Crippen LogP contribution in [0, 0.1) is 12.8 Å². The van der Waals surface area contributed by atoms with Crippen molar-refractivity contribution in [1.82, 2.24) is 5.32 Å². The summed E-state index contributed by atoms with van der Waals surface area (Å²) >= 11 is 0. The van der Waals surface area contributed by atoms with Gasteiger partial charge >= 0.3 is 5.97 Å². The minimum Gasteiger partial charge on any atom is -0.490 e. The van der Waals surface area contributed by atoms with Gasteiger partial charge in [-0.15, -0.1) is 0 Å². The lowest BCUT2D eigenvalue weighted by molar-refractivity contribution is -0.125. The van der Waals surface area contributed by atoms with Gasteiger partial charge in [-0.05, 0) is 42.7 Å². The van der Waals surface area contributed by atoms with E-state index in [9.17, 15) is 9.59 Å². The van der Waals surface area contributed by atoms with Crippen LogP contribution in [0.5, 0.6) is 11.5 Å². The molecule has 1 N–H and O–H groups in total. The van der Waals surface area contributed by atoms with Gasteiger partial charge in [-0.1, -0.05) is 37.6 Å². The molecule has 0 radical (unpaired) electrons. The first-order valence-electron chi connectivity index (χ1n) is 9.86. The monoisotopic (exact) mass is 397 g/mol. The van der Waals surface area contributed by atoms with E-state index in [0.717, 1.165) is 17.5 Å². The Kier molecular flexibility index (Phi) is 6.75. The van der Waals surface area contributed by atoms with Crippen molar-refractivity contribution in [1.29, 1.82) is 0 Å². The van der Waals surface area contributed by atoms with Crippen molar-refractivity contribution < 1.29 is 23.8 Å². The quantitative estimate of drug-likeness (QED) is 0.750. The predicted octanol–water partition coefficient (Wildman–Crippen LogP) is 3.83. The van der Waals surface area contributed by atoms with Crippen molar-refractivity contribution in [3.8, 4) is 11.5 Å². The highest BCUT2D eigenvalue weighted by Gasteiger charge is 2.22. The van der Waals surface area contributed by atoms with E-state index in [0.29, 0.717) is 30.3 Å². The van der Waals surface area contributed by atoms with Crippen LogP contribution < -0.4 is 14.8 Å². The molecular formula is C23H27NO5. The second-order valence-corrected chi connectivity index (χ2v) is 7.49. The fraction of sp³-hybridized carbons (Fsp3) is 0.391. The van der Waals surface area contributed by atoms with Gasteiger partial charge in [0.25, 0.3) is 5.91 Å². The van der Waals surface area contributed by atoms with E-state index in [-0.39, 0.29) is 24.5 Å². The summed E-state index contributed by atoms with van der Waals surface area (Å²) in [6.45, 7) is 6.83. The van der Waals surface area contributed by atoms with Gasteiger partial charge in [-0.2, -0.15) is 0 Å². The molecule has 2 aromatic rings. The zero-order valence-corrected chi connectivity index (χ0v) is 17.1. The number of esters is 1. The molecule has 1 aliphatic heterocycles. The lowest BCUT2D eigenvalue weighted by atomic mass is 9.95. The summed E-state index contributed by atoms with van der Waals surface area (Å²) in [7, 11) is 0. The summed E-state index contributed by atoms with van der Waals surface area (Å²) in [4.78, 5) is 24.6. The van der Waals surface area contributed by atoms with Gasteiger partial charge in [-0.25, -0.2) is 4.79 Å². The van der Waals surface area contributed by atoms with E-state index in [4.69, 9.17) is 14.2 Å². The van der Waals surface area contributed by atoms with Gasteiger partial charge in [-0.3, -0.25) is 4.79 Å². The van der Waals surface area contributed by atoms with Crippen LogP contribution in [0.3, 0.4) is 0 Å². The predicted molar refractivity (Wildman–Crippen MR) is 109 cm³/mol. The molecular weight excluding hydrogens is 370 g/mol. The molecule has 154 valence electrons. The van der Waals surface area contributed by atoms with Crippen LogP contribution in [0.1, 0.15) is 47.8 Å². The Balaban J connectivity index is 1.63. The molecule has 1 heterocycles. The smallest absolute Gasteiger partial charge is 0.338 e. The van der Waals surface area contributed by atoms with Gasteiger partial charge in [0.15, 0.2) is 18.1 Å². The highest BCUT2D eigenvalue weighted by Crippen LogP contribution is 2.34. The number of hydrogen-bond donors (Lipinski definition) is 1. The van der Waals surface area contributed by atoms with Gasteiger partial charge < -0.3 is 19.5 Å². The second kappa shape index (κ2) is 9.45. The molecule has 0 saturated heterocycles. The van der Waals surface area contributed by atoms with Crippen molar-refractivity contribution in [2.75, 3.05) is 19.8 Å². The molecule has 1 aliphatic rings. The number of hydrogen-bond acceptors (Lipinski definition) is 5. The van der Waals surface area contributed by atoms with Crippen LogP contribution in [0.15, 0.2) is 42.5 Å². The van der Waals surface area contributed by atoms with Crippen molar-refractivity contribution in [3.05, 3.63) is 59.2 Å². The number of carbonyl (C=O) groups excluding carboxylic acids is 2. The molecule has 0 spiro atoms. The Labute approximate surface area is 171 Å². The molecule has 0 aliphatic carbocycles. The fourth-order valence-corrected chi connectivity index (χ4v) is 3.21. The van der Waals surface area contributed by atoms with E-state index >= 15 is 0 Å². The van der Waals surface area contributed by atoms with Crippen LogP contribution in [-0.4, -0.2) is 31.7 Å². The summed E-state index contributed by atoms with van der Waals surface area (Å²) in [6, 6.07) is 12.5. The maximum atomic E-state index is 12.4. The Morgan fingerprint density at radius 1 is 1.07 bits per heavy atom. The summed E-state index contributed by atoms with van der Waals surface area (Å²) < 4.78 is 16.6. The molecule has 29 heavy (non-hydrogen) atoms. The average molecular weight is 397 g/mol. The van der Waals surface area contributed by atoms with Crippen LogP contribution in [0.25, 0.3) is 0 Å². The summed E-state index contributed by atoms with van der Waals surface area (Å²) in [5, 5.41) is 2.96. The molecule has 0 saturated carbocycles. The molecule has 6 heteroatoms. The number of rotatable bonds is 6. The fourth-order valence-electron chi connectivity index (χ4n) is 3.21. The molecule has 1 amide bonds. The van der Waals surface area contributed by atoms with Gasteiger partial charge in [0.1, 0.15) is 0 Å².